The molecular weight excluding hydrogens is 568 g/mol. The van der Waals surface area contributed by atoms with Crippen molar-refractivity contribution in [3.63, 3.8) is 0 Å². The second kappa shape index (κ2) is 12.1. The van der Waals surface area contributed by atoms with Gasteiger partial charge < -0.3 is 32.3 Å². The zero-order valence-corrected chi connectivity index (χ0v) is 25.5. The van der Waals surface area contributed by atoms with Crippen molar-refractivity contribution in [2.24, 2.45) is 45.5 Å². The van der Waals surface area contributed by atoms with Gasteiger partial charge in [-0.25, -0.2) is 4.98 Å². The fourth-order valence-corrected chi connectivity index (χ4v) is 8.64. The molecule has 3 aliphatic carbocycles. The predicted octanol–water partition coefficient (Wildman–Crippen LogP) is 0.777. The lowest BCUT2D eigenvalue weighted by atomic mass is 9.73. The van der Waals surface area contributed by atoms with Crippen LogP contribution in [0.1, 0.15) is 74.0 Å². The number of guanidine groups is 1. The lowest BCUT2D eigenvalue weighted by molar-refractivity contribution is -0.136. The average molecular weight is 613 g/mol. The summed E-state index contributed by atoms with van der Waals surface area (Å²) < 4.78 is 0. The number of nitrogens with one attached hydrogen (secondary N) is 3. The normalized spacial score (nSPS) is 33.7. The number of thiazole rings is 1. The quantitative estimate of drug-likeness (QED) is 0.138. The highest BCUT2D eigenvalue weighted by Crippen LogP contribution is 2.54. The van der Waals surface area contributed by atoms with E-state index in [1.165, 1.54) is 24.2 Å². The van der Waals surface area contributed by atoms with E-state index in [4.69, 9.17) is 11.5 Å². The second-order valence-corrected chi connectivity index (χ2v) is 14.2. The standard InChI is InChI=1S/C30H44N8O4S/c31-28(32)35-11-7-21-15-30(21,24(40)26-34-12-14-43-26)37-23(39)17-38-13-8-29(27(38)42)16-22(29)36-25(41)20-3-1-18(2-4-20)19-5-9-33-10-6-19/h12,14,18-22,33H,1-11,13,15-17H2,(H,36,41)(H,37,39)(H4,31,32,35). The Morgan fingerprint density at radius 1 is 1.09 bits per heavy atom. The summed E-state index contributed by atoms with van der Waals surface area (Å²) in [6.07, 6.45) is 10.4. The Bertz CT molecular complexity index is 1250. The summed E-state index contributed by atoms with van der Waals surface area (Å²) in [7, 11) is 0. The Hall–Kier alpha value is -3.06. The second-order valence-electron chi connectivity index (χ2n) is 13.3. The molecule has 1 aromatic heterocycles. The van der Waals surface area contributed by atoms with Crippen LogP contribution < -0.4 is 27.4 Å². The van der Waals surface area contributed by atoms with Crippen LogP contribution in [0.5, 0.6) is 0 Å². The minimum absolute atomic E-state index is 0.0161. The molecule has 3 saturated carbocycles. The molecule has 2 saturated heterocycles. The number of amides is 3. The third kappa shape index (κ3) is 6.15. The molecule has 4 atom stereocenters. The Balaban J connectivity index is 0.992. The van der Waals surface area contributed by atoms with E-state index in [0.29, 0.717) is 43.8 Å². The van der Waals surface area contributed by atoms with Crippen LogP contribution in [0.15, 0.2) is 16.6 Å². The molecular formula is C30H44N8O4S. The van der Waals surface area contributed by atoms with Gasteiger partial charge in [0.1, 0.15) is 5.54 Å². The van der Waals surface area contributed by atoms with Gasteiger partial charge in [0.2, 0.25) is 23.5 Å². The summed E-state index contributed by atoms with van der Waals surface area (Å²) >= 11 is 1.24. The van der Waals surface area contributed by atoms with Crippen LogP contribution in [-0.4, -0.2) is 83.7 Å². The van der Waals surface area contributed by atoms with E-state index < -0.39 is 11.0 Å². The van der Waals surface area contributed by atoms with Crippen molar-refractivity contribution >= 4 is 40.8 Å². The number of aromatic nitrogens is 1. The van der Waals surface area contributed by atoms with E-state index in [2.05, 4.69) is 25.9 Å². The van der Waals surface area contributed by atoms with Crippen molar-refractivity contribution < 1.29 is 19.2 Å². The fourth-order valence-electron chi connectivity index (χ4n) is 7.98. The van der Waals surface area contributed by atoms with Crippen molar-refractivity contribution in [2.45, 2.75) is 75.8 Å². The zero-order valence-electron chi connectivity index (χ0n) is 24.7. The number of piperidine rings is 1. The zero-order chi connectivity index (χ0) is 30.2. The number of nitrogens with two attached hydrogens (primary N) is 2. The van der Waals surface area contributed by atoms with Gasteiger partial charge in [-0.05, 0) is 95.1 Å². The third-order valence-corrected chi connectivity index (χ3v) is 11.5. The maximum absolute atomic E-state index is 13.5. The van der Waals surface area contributed by atoms with Crippen molar-refractivity contribution in [1.29, 1.82) is 0 Å². The van der Waals surface area contributed by atoms with E-state index in [9.17, 15) is 19.2 Å². The summed E-state index contributed by atoms with van der Waals surface area (Å²) in [5.74, 6) is 0.824. The maximum Gasteiger partial charge on any atom is 0.240 e. The van der Waals surface area contributed by atoms with E-state index in [0.717, 1.165) is 50.6 Å². The highest BCUT2D eigenvalue weighted by atomic mass is 32.1. The lowest BCUT2D eigenvalue weighted by Crippen LogP contribution is -2.49. The molecule has 7 N–H and O–H groups in total. The van der Waals surface area contributed by atoms with Crippen molar-refractivity contribution in [3.05, 3.63) is 16.6 Å². The summed E-state index contributed by atoms with van der Waals surface area (Å²) in [5.41, 5.74) is 9.23. The Morgan fingerprint density at radius 3 is 2.53 bits per heavy atom. The highest BCUT2D eigenvalue weighted by Gasteiger charge is 2.65. The summed E-state index contributed by atoms with van der Waals surface area (Å²) in [6.45, 7) is 2.91. The molecule has 1 aromatic rings. The molecule has 5 aliphatic rings. The molecule has 6 rings (SSSR count). The van der Waals surface area contributed by atoms with E-state index in [1.54, 1.807) is 16.5 Å². The molecule has 43 heavy (non-hydrogen) atoms. The van der Waals surface area contributed by atoms with Crippen molar-refractivity contribution in [2.75, 3.05) is 32.7 Å². The van der Waals surface area contributed by atoms with Crippen LogP contribution in [0, 0.1) is 29.1 Å². The number of nitrogens with zero attached hydrogens (tertiary/aromatic N) is 3. The van der Waals surface area contributed by atoms with Gasteiger partial charge in [0.15, 0.2) is 11.0 Å². The van der Waals surface area contributed by atoms with Gasteiger partial charge in [-0.1, -0.05) is 0 Å². The molecule has 3 amide bonds. The van der Waals surface area contributed by atoms with E-state index in [-0.39, 0.29) is 53.9 Å². The van der Waals surface area contributed by atoms with Crippen LogP contribution in [-0.2, 0) is 14.4 Å². The average Bonchev–Trinajstić information content (AvgIpc) is 3.74. The van der Waals surface area contributed by atoms with Gasteiger partial charge in [-0.15, -0.1) is 11.3 Å². The van der Waals surface area contributed by atoms with Gasteiger partial charge in [0.05, 0.1) is 12.0 Å². The molecule has 13 heteroatoms. The third-order valence-electron chi connectivity index (χ3n) is 10.7. The number of hydrogen-bond donors (Lipinski definition) is 5. The van der Waals surface area contributed by atoms with Gasteiger partial charge in [0.25, 0.3) is 0 Å². The minimum Gasteiger partial charge on any atom is -0.370 e. The lowest BCUT2D eigenvalue weighted by Gasteiger charge is -2.35. The molecule has 1 spiro atoms. The predicted molar refractivity (Wildman–Crippen MR) is 162 cm³/mol. The molecule has 0 radical (unpaired) electrons. The summed E-state index contributed by atoms with van der Waals surface area (Å²) in [4.78, 5) is 62.9. The number of hydrogen-bond acceptors (Lipinski definition) is 8. The van der Waals surface area contributed by atoms with Crippen LogP contribution >= 0.6 is 11.3 Å². The smallest absolute Gasteiger partial charge is 0.240 e. The number of ketones is 1. The van der Waals surface area contributed by atoms with Crippen molar-refractivity contribution in [3.8, 4) is 0 Å². The number of likely N-dealkylation sites (tertiary alicyclic amines) is 1. The number of carbonyl (C=O) groups excluding carboxylic acids is 4. The molecule has 12 nitrogen and oxygen atoms in total. The van der Waals surface area contributed by atoms with Crippen molar-refractivity contribution in [1.82, 2.24) is 25.8 Å². The fraction of sp³-hybridized carbons (Fsp3) is 0.733. The van der Waals surface area contributed by atoms with E-state index in [1.807, 2.05) is 0 Å². The number of aliphatic imine (C=N–C) groups is 1. The molecule has 3 heterocycles. The molecule has 5 fully saturated rings. The summed E-state index contributed by atoms with van der Waals surface area (Å²) in [5, 5.41) is 11.7. The first-order valence-corrected chi connectivity index (χ1v) is 16.7. The van der Waals surface area contributed by atoms with Crippen LogP contribution in [0.25, 0.3) is 0 Å². The van der Waals surface area contributed by atoms with Gasteiger partial charge in [-0.3, -0.25) is 24.2 Å². The van der Waals surface area contributed by atoms with E-state index >= 15 is 0 Å². The Labute approximate surface area is 256 Å². The number of carbonyl (C=O) groups is 4. The van der Waals surface area contributed by atoms with Gasteiger partial charge in [-0.2, -0.15) is 0 Å². The molecule has 234 valence electrons. The molecule has 2 aliphatic heterocycles. The van der Waals surface area contributed by atoms with Gasteiger partial charge in [0, 0.05) is 36.6 Å². The monoisotopic (exact) mass is 612 g/mol. The molecule has 0 bridgehead atoms. The first-order chi connectivity index (χ1) is 20.7. The largest absolute Gasteiger partial charge is 0.370 e. The summed E-state index contributed by atoms with van der Waals surface area (Å²) in [6, 6.07) is -0.163. The minimum atomic E-state index is -1.06. The molecule has 4 unspecified atom stereocenters. The van der Waals surface area contributed by atoms with Gasteiger partial charge >= 0.3 is 0 Å². The number of Topliss-reactive ketones (excluding diaryl/α,β-unsaturated/α-hetero) is 1. The van der Waals surface area contributed by atoms with Crippen LogP contribution in [0.3, 0.4) is 0 Å². The van der Waals surface area contributed by atoms with Crippen LogP contribution in [0.4, 0.5) is 0 Å². The maximum atomic E-state index is 13.5. The first kappa shape index (κ1) is 30.0. The topological polar surface area (TPSA) is 185 Å². The highest BCUT2D eigenvalue weighted by molar-refractivity contribution is 7.11. The van der Waals surface area contributed by atoms with Crippen LogP contribution in [0.2, 0.25) is 0 Å². The number of rotatable bonds is 11. The SMILES string of the molecule is NC(N)=NCCC1CC1(NC(=O)CN1CCC2(CC2NC(=O)C2CCC(C3CCNCC3)CC2)C1=O)C(=O)c1nccs1. The molecule has 0 aromatic carbocycles. The Morgan fingerprint density at radius 2 is 1.84 bits per heavy atom. The first-order valence-electron chi connectivity index (χ1n) is 15.8. The Kier molecular flexibility index (Phi) is 8.47.